The molecule has 0 radical (unpaired) electrons. The molecule has 0 aromatic heterocycles. The molecule has 0 aromatic rings. The monoisotopic (exact) mass is 311 g/mol. The number of hydrogen-bond donors (Lipinski definition) is 0. The molecule has 0 saturated heterocycles. The van der Waals surface area contributed by atoms with E-state index in [0.29, 0.717) is 0 Å². The Bertz CT molecular complexity index is 3.25. The van der Waals surface area contributed by atoms with E-state index in [4.69, 9.17) is 0 Å². The van der Waals surface area contributed by atoms with E-state index in [1.165, 1.54) is 0 Å². The standard InChI is InChI=1S/C2H5.CH3.Rf/c1-2;;/h1H2,2H3;1H3;/q2*-1;. The summed E-state index contributed by atoms with van der Waals surface area (Å²) in [5.74, 6) is 0. The third kappa shape index (κ3) is 0. The number of rotatable bonds is 0. The molecule has 0 unspecified atom stereocenters. The molecule has 0 heterocycles. The zero-order chi connectivity index (χ0) is 2.00. The first kappa shape index (κ1) is 0. The van der Waals surface area contributed by atoms with Crippen molar-refractivity contribution in [3.05, 3.63) is 14.4 Å². The summed E-state index contributed by atoms with van der Waals surface area (Å²) in [4.78, 5) is 0. The third-order valence-corrected chi connectivity index (χ3v) is 0. The average Bonchev–Trinajstić information content (AvgIpc) is 1.00. The fourth-order valence-electron chi connectivity index (χ4n) is 0. The topological polar surface area (TPSA) is 0 Å². The van der Waals surface area contributed by atoms with E-state index >= 15 is 0 Å². The van der Waals surface area contributed by atoms with Gasteiger partial charge in [-0.1, -0.05) is 0 Å². The fraction of sp³-hybridized carbons (Fsp3) is 0.333. The molecule has 0 rings (SSSR count). The Labute approximate surface area is 22.5 Å². The van der Waals surface area contributed by atoms with Crippen LogP contribution in [-0.4, -0.2) is 0 Å². The smallest absolute Gasteiger partial charge is 0 e. The maximum absolute atomic E-state index is 3.25. The van der Waals surface area contributed by atoms with Crippen LogP contribution in [0.1, 0.15) is 6.92 Å². The zero-order valence-corrected chi connectivity index (χ0v) is 9.81. The molecule has 0 fully saturated rings. The first-order valence-corrected chi connectivity index (χ1v) is 0.707. The molecule has 0 aromatic carbocycles. The van der Waals surface area contributed by atoms with Crippen LogP contribution in [0.3, 0.4) is 0 Å². The van der Waals surface area contributed by atoms with Gasteiger partial charge in [-0.15, -0.1) is 0 Å². The molecule has 0 aliphatic carbocycles. The van der Waals surface area contributed by atoms with Crippen molar-refractivity contribution in [3.8, 4) is 0 Å². The first-order chi connectivity index (χ1) is 1.00. The largest absolute Gasteiger partial charge is 0.358 e. The Morgan fingerprint density at radius 1 is 1.25 bits per heavy atom. The van der Waals surface area contributed by atoms with Gasteiger partial charge >= 0.3 is 0 Å². The van der Waals surface area contributed by atoms with Crippen molar-refractivity contribution >= 4 is 0 Å². The Kier molecular flexibility index (Phi) is 0. The van der Waals surface area contributed by atoms with Crippen LogP contribution in [0.4, 0.5) is 0 Å². The van der Waals surface area contributed by atoms with Gasteiger partial charge in [-0.3, -0.25) is 0 Å². The molecule has 0 spiro atoms. The van der Waals surface area contributed by atoms with Gasteiger partial charge in [0.1, 0.15) is 0 Å². The fourth-order valence-corrected chi connectivity index (χ4v) is 0. The van der Waals surface area contributed by atoms with Crippen molar-refractivity contribution in [3.63, 3.8) is 0 Å². The van der Waals surface area contributed by atoms with E-state index in [0.717, 1.165) is 0 Å². The van der Waals surface area contributed by atoms with Crippen LogP contribution in [0.15, 0.2) is 0 Å². The first-order valence-electron chi connectivity index (χ1n) is 0.707. The van der Waals surface area contributed by atoms with Gasteiger partial charge in [-0.2, -0.15) is 6.92 Å². The van der Waals surface area contributed by atoms with Crippen LogP contribution < -0.4 is 0 Å². The van der Waals surface area contributed by atoms with Gasteiger partial charge in [0.25, 0.3) is 0 Å². The molecule has 0 atom stereocenters. The zero-order valence-electron chi connectivity index (χ0n) is 3.41. The van der Waals surface area contributed by atoms with E-state index in [1.54, 1.807) is 6.92 Å². The van der Waals surface area contributed by atoms with E-state index < -0.39 is 0 Å². The second kappa shape index (κ2) is 2.00. The summed E-state index contributed by atoms with van der Waals surface area (Å²) in [5.41, 5.74) is 0. The summed E-state index contributed by atoms with van der Waals surface area (Å²) in [7, 11) is 0. The predicted molar refractivity (Wildman–Crippen MR) is 17.4 cm³/mol. The SMILES string of the molecule is [CH2-]C.[CH3-].[Rf]. The molecule has 0 bridgehead atoms. The molecule has 1 heteroatoms. The van der Waals surface area contributed by atoms with E-state index in [-0.39, 0.29) is 7.43 Å². The number of hydrogen-bond acceptors (Lipinski definition) is 0. The molecule has 0 saturated carbocycles. The van der Waals surface area contributed by atoms with Crippen LogP contribution in [0.25, 0.3) is 0 Å². The summed E-state index contributed by atoms with van der Waals surface area (Å²) in [6.45, 7) is 5.00. The molecule has 0 aliphatic rings. The summed E-state index contributed by atoms with van der Waals surface area (Å²) in [6, 6.07) is 0. The average molecular weight is 311 g/mol. The van der Waals surface area contributed by atoms with Crippen molar-refractivity contribution in [2.45, 2.75) is 6.92 Å². The van der Waals surface area contributed by atoms with Crippen molar-refractivity contribution in [2.24, 2.45) is 0 Å². The van der Waals surface area contributed by atoms with Crippen LogP contribution >= 0.6 is 0 Å². The third-order valence-electron chi connectivity index (χ3n) is 0. The van der Waals surface area contributed by atoms with Gasteiger partial charge in [0, 0.05) is 0 Å². The van der Waals surface area contributed by atoms with Gasteiger partial charge in [-0.05, 0) is 0 Å². The minimum atomic E-state index is 0. The van der Waals surface area contributed by atoms with Crippen molar-refractivity contribution < 1.29 is 0 Å². The van der Waals surface area contributed by atoms with Crippen LogP contribution in [-0.2, 0) is 0 Å². The quantitative estimate of drug-likeness (QED) is 0.592. The minimum Gasteiger partial charge on any atom is -0.358 e. The summed E-state index contributed by atoms with van der Waals surface area (Å²) in [6.07, 6.45) is 0. The second-order valence-electron chi connectivity index (χ2n) is 0. The summed E-state index contributed by atoms with van der Waals surface area (Å²) >= 11 is 0. The van der Waals surface area contributed by atoms with E-state index in [2.05, 4.69) is 6.92 Å². The van der Waals surface area contributed by atoms with Crippen LogP contribution in [0, 0.1) is 14.4 Å². The predicted octanol–water partition coefficient (Wildman–Crippen LogP) is 1.29. The molecule has 0 aliphatic heterocycles. The molecule has 0 amide bonds. The van der Waals surface area contributed by atoms with Crippen molar-refractivity contribution in [2.75, 3.05) is 0 Å². The Morgan fingerprint density at radius 3 is 1.25 bits per heavy atom. The molecule has 0 nitrogen and oxygen atoms in total. The maximum Gasteiger partial charge on any atom is 0 e. The van der Waals surface area contributed by atoms with Gasteiger partial charge < -0.3 is 14.4 Å². The van der Waals surface area contributed by atoms with Crippen LogP contribution in [0.2, 0.25) is 0 Å². The van der Waals surface area contributed by atoms with E-state index in [1.807, 2.05) is 0 Å². The minimum absolute atomic E-state index is 0. The van der Waals surface area contributed by atoms with Gasteiger partial charge in [0.15, 0.2) is 0 Å². The summed E-state index contributed by atoms with van der Waals surface area (Å²) < 4.78 is 0. The Morgan fingerprint density at radius 2 is 1.25 bits per heavy atom. The maximum atomic E-state index is 3.25. The van der Waals surface area contributed by atoms with Gasteiger partial charge in [0.2, 0.25) is 0 Å². The van der Waals surface area contributed by atoms with Gasteiger partial charge in [-0.25, -0.2) is 0 Å². The Hall–Kier alpha value is -1.00. The van der Waals surface area contributed by atoms with Gasteiger partial charge in [0.05, 0.1) is 0 Å². The molecular weight excluding hydrogens is 303 g/mol. The Balaban J connectivity index is -0.00000000500. The normalized spacial score (nSPS) is 1.50. The summed E-state index contributed by atoms with van der Waals surface area (Å²) in [5, 5.41) is 0. The molecular formula is C3H8Rf-2. The van der Waals surface area contributed by atoms with Crippen molar-refractivity contribution in [1.82, 2.24) is 0 Å². The van der Waals surface area contributed by atoms with Crippen molar-refractivity contribution in [1.29, 1.82) is 0 Å². The molecule has 0 N–H and O–H groups in total. The van der Waals surface area contributed by atoms with Crippen LogP contribution in [0.5, 0.6) is 0 Å². The second-order valence-corrected chi connectivity index (χ2v) is 0. The van der Waals surface area contributed by atoms with E-state index in [9.17, 15) is 0 Å². The molecule has 24 valence electrons. The molecule has 4 heavy (non-hydrogen) atoms.